The molecule has 0 saturated heterocycles. The van der Waals surface area contributed by atoms with Crippen molar-refractivity contribution in [2.24, 2.45) is 5.92 Å². The fourth-order valence-electron chi connectivity index (χ4n) is 2.72. The fraction of sp³-hybridized carbons (Fsp3) is 0.438. The molecule has 18 heavy (non-hydrogen) atoms. The third-order valence-corrected chi connectivity index (χ3v) is 3.73. The molecular formula is C16H22N2. The lowest BCUT2D eigenvalue weighted by molar-refractivity contribution is 0.391. The van der Waals surface area contributed by atoms with Gasteiger partial charge >= 0.3 is 0 Å². The predicted octanol–water partition coefficient (Wildman–Crippen LogP) is 3.58. The minimum atomic E-state index is 0.420. The number of pyridine rings is 1. The van der Waals surface area contributed by atoms with Crippen LogP contribution < -0.4 is 5.32 Å². The Morgan fingerprint density at radius 1 is 1.06 bits per heavy atom. The molecule has 2 nitrogen and oxygen atoms in total. The van der Waals surface area contributed by atoms with Crippen molar-refractivity contribution in [3.05, 3.63) is 42.2 Å². The van der Waals surface area contributed by atoms with Gasteiger partial charge in [-0.1, -0.05) is 38.1 Å². The topological polar surface area (TPSA) is 24.9 Å². The zero-order chi connectivity index (χ0) is 13.1. The van der Waals surface area contributed by atoms with Crippen LogP contribution in [0, 0.1) is 5.92 Å². The van der Waals surface area contributed by atoms with Gasteiger partial charge in [-0.05, 0) is 31.3 Å². The zero-order valence-electron chi connectivity index (χ0n) is 11.6. The largest absolute Gasteiger partial charge is 0.317 e. The molecule has 1 aromatic carbocycles. The van der Waals surface area contributed by atoms with Crippen LogP contribution in [0.5, 0.6) is 0 Å². The molecule has 0 spiro atoms. The molecule has 0 aliphatic carbocycles. The summed E-state index contributed by atoms with van der Waals surface area (Å²) in [7, 11) is 2.02. The van der Waals surface area contributed by atoms with E-state index in [2.05, 4.69) is 61.4 Å². The highest BCUT2D eigenvalue weighted by Gasteiger charge is 2.24. The summed E-state index contributed by atoms with van der Waals surface area (Å²) < 4.78 is 0. The van der Waals surface area contributed by atoms with Crippen LogP contribution in [0.25, 0.3) is 10.8 Å². The first-order chi connectivity index (χ1) is 8.65. The maximum atomic E-state index is 4.66. The van der Waals surface area contributed by atoms with E-state index in [0.29, 0.717) is 17.9 Å². The SMILES string of the molecule is CNC(C)C(c1nccc2ccccc12)C(C)C. The van der Waals surface area contributed by atoms with Crippen LogP contribution in [0.3, 0.4) is 0 Å². The molecule has 1 N–H and O–H groups in total. The first-order valence-electron chi connectivity index (χ1n) is 6.66. The summed E-state index contributed by atoms with van der Waals surface area (Å²) >= 11 is 0. The standard InChI is InChI=1S/C16H22N2/c1-11(2)15(12(3)17-4)16-14-8-6-5-7-13(14)9-10-18-16/h5-12,15,17H,1-4H3. The van der Waals surface area contributed by atoms with Crippen LogP contribution in [0.1, 0.15) is 32.4 Å². The minimum Gasteiger partial charge on any atom is -0.317 e. The van der Waals surface area contributed by atoms with Crippen molar-refractivity contribution >= 4 is 10.8 Å². The molecular weight excluding hydrogens is 220 g/mol. The Balaban J connectivity index is 2.57. The highest BCUT2D eigenvalue weighted by Crippen LogP contribution is 2.31. The lowest BCUT2D eigenvalue weighted by Gasteiger charge is -2.27. The van der Waals surface area contributed by atoms with E-state index in [1.807, 2.05) is 13.2 Å². The van der Waals surface area contributed by atoms with Gasteiger partial charge in [-0.2, -0.15) is 0 Å². The van der Waals surface area contributed by atoms with Crippen LogP contribution in [0.4, 0.5) is 0 Å². The van der Waals surface area contributed by atoms with Crippen molar-refractivity contribution in [1.82, 2.24) is 10.3 Å². The molecule has 96 valence electrons. The average molecular weight is 242 g/mol. The predicted molar refractivity (Wildman–Crippen MR) is 77.8 cm³/mol. The van der Waals surface area contributed by atoms with Gasteiger partial charge in [-0.15, -0.1) is 0 Å². The minimum absolute atomic E-state index is 0.420. The Labute approximate surface area is 109 Å². The Morgan fingerprint density at radius 2 is 1.78 bits per heavy atom. The van der Waals surface area contributed by atoms with Gasteiger partial charge in [0.05, 0.1) is 5.69 Å². The number of aromatic nitrogens is 1. The van der Waals surface area contributed by atoms with E-state index in [4.69, 9.17) is 0 Å². The highest BCUT2D eigenvalue weighted by atomic mass is 14.9. The third-order valence-electron chi connectivity index (χ3n) is 3.73. The number of rotatable bonds is 4. The Bertz CT molecular complexity index is 514. The molecule has 0 bridgehead atoms. The molecule has 1 aromatic heterocycles. The summed E-state index contributed by atoms with van der Waals surface area (Å²) in [5.74, 6) is 0.992. The number of hydrogen-bond donors (Lipinski definition) is 1. The van der Waals surface area contributed by atoms with E-state index in [1.54, 1.807) is 0 Å². The molecule has 2 aromatic rings. The van der Waals surface area contributed by atoms with Crippen LogP contribution in [0.2, 0.25) is 0 Å². The van der Waals surface area contributed by atoms with Crippen LogP contribution in [0.15, 0.2) is 36.5 Å². The number of nitrogens with one attached hydrogen (secondary N) is 1. The van der Waals surface area contributed by atoms with Crippen molar-refractivity contribution in [1.29, 1.82) is 0 Å². The monoisotopic (exact) mass is 242 g/mol. The van der Waals surface area contributed by atoms with Crippen LogP contribution in [-0.4, -0.2) is 18.1 Å². The molecule has 0 aliphatic rings. The molecule has 2 unspecified atom stereocenters. The number of fused-ring (bicyclic) bond motifs is 1. The second-order valence-electron chi connectivity index (χ2n) is 5.26. The Kier molecular flexibility index (Phi) is 3.97. The van der Waals surface area contributed by atoms with Crippen molar-refractivity contribution in [3.8, 4) is 0 Å². The van der Waals surface area contributed by atoms with E-state index < -0.39 is 0 Å². The van der Waals surface area contributed by atoms with Crippen molar-refractivity contribution < 1.29 is 0 Å². The second kappa shape index (κ2) is 5.49. The normalized spacial score (nSPS) is 14.9. The van der Waals surface area contributed by atoms with Gasteiger partial charge in [0.15, 0.2) is 0 Å². The number of benzene rings is 1. The average Bonchev–Trinajstić information content (AvgIpc) is 2.38. The van der Waals surface area contributed by atoms with Gasteiger partial charge in [0.1, 0.15) is 0 Å². The van der Waals surface area contributed by atoms with Gasteiger partial charge in [0.2, 0.25) is 0 Å². The lowest BCUT2D eigenvalue weighted by atomic mass is 9.84. The Hall–Kier alpha value is -1.41. The summed E-state index contributed by atoms with van der Waals surface area (Å²) in [6, 6.07) is 11.0. The number of nitrogens with zero attached hydrogens (tertiary/aromatic N) is 1. The van der Waals surface area contributed by atoms with Gasteiger partial charge in [-0.3, -0.25) is 4.98 Å². The highest BCUT2D eigenvalue weighted by molar-refractivity contribution is 5.84. The van der Waals surface area contributed by atoms with Gasteiger partial charge in [0.25, 0.3) is 0 Å². The van der Waals surface area contributed by atoms with E-state index in [1.165, 1.54) is 16.5 Å². The second-order valence-corrected chi connectivity index (χ2v) is 5.26. The maximum Gasteiger partial charge on any atom is 0.0530 e. The summed E-state index contributed by atoms with van der Waals surface area (Å²) in [4.78, 5) is 4.66. The molecule has 0 fully saturated rings. The first-order valence-corrected chi connectivity index (χ1v) is 6.66. The van der Waals surface area contributed by atoms with Crippen molar-refractivity contribution in [2.75, 3.05) is 7.05 Å². The number of likely N-dealkylation sites (N-methyl/N-ethyl adjacent to an activating group) is 1. The molecule has 0 radical (unpaired) electrons. The van der Waals surface area contributed by atoms with E-state index in [9.17, 15) is 0 Å². The summed E-state index contributed by atoms with van der Waals surface area (Å²) in [6.45, 7) is 6.76. The number of hydrogen-bond acceptors (Lipinski definition) is 2. The van der Waals surface area contributed by atoms with Gasteiger partial charge < -0.3 is 5.32 Å². The zero-order valence-corrected chi connectivity index (χ0v) is 11.6. The summed E-state index contributed by atoms with van der Waals surface area (Å²) in [6.07, 6.45) is 1.93. The van der Waals surface area contributed by atoms with Crippen molar-refractivity contribution in [2.45, 2.75) is 32.7 Å². The van der Waals surface area contributed by atoms with Crippen LogP contribution in [-0.2, 0) is 0 Å². The molecule has 2 heteroatoms. The van der Waals surface area contributed by atoms with E-state index in [0.717, 1.165) is 0 Å². The smallest absolute Gasteiger partial charge is 0.0530 e. The molecule has 0 aliphatic heterocycles. The first kappa shape index (κ1) is 13.0. The van der Waals surface area contributed by atoms with E-state index in [-0.39, 0.29) is 0 Å². The third kappa shape index (κ3) is 2.39. The van der Waals surface area contributed by atoms with Crippen molar-refractivity contribution in [3.63, 3.8) is 0 Å². The Morgan fingerprint density at radius 3 is 2.44 bits per heavy atom. The quantitative estimate of drug-likeness (QED) is 0.886. The summed E-state index contributed by atoms with van der Waals surface area (Å²) in [5.41, 5.74) is 1.21. The maximum absolute atomic E-state index is 4.66. The molecule has 0 amide bonds. The van der Waals surface area contributed by atoms with E-state index >= 15 is 0 Å². The van der Waals surface area contributed by atoms with Gasteiger partial charge in [0, 0.05) is 23.5 Å². The molecule has 0 saturated carbocycles. The fourth-order valence-corrected chi connectivity index (χ4v) is 2.72. The molecule has 1 heterocycles. The van der Waals surface area contributed by atoms with Crippen LogP contribution >= 0.6 is 0 Å². The molecule has 2 atom stereocenters. The van der Waals surface area contributed by atoms with Gasteiger partial charge in [-0.25, -0.2) is 0 Å². The lowest BCUT2D eigenvalue weighted by Crippen LogP contribution is -2.32. The summed E-state index contributed by atoms with van der Waals surface area (Å²) in [5, 5.41) is 5.92. The molecule has 2 rings (SSSR count).